The van der Waals surface area contributed by atoms with E-state index in [0.29, 0.717) is 4.90 Å². The zero-order valence-electron chi connectivity index (χ0n) is 9.71. The minimum absolute atomic E-state index is 0.329. The molecule has 0 atom stereocenters. The minimum Gasteiger partial charge on any atom is -0.261 e. The molecule has 0 spiro atoms. The van der Waals surface area contributed by atoms with Gasteiger partial charge in [-0.25, -0.2) is 8.42 Å². The lowest BCUT2D eigenvalue weighted by atomic mass is 10.1. The number of benzene rings is 1. The fourth-order valence-electron chi connectivity index (χ4n) is 1.54. The molecular weight excluding hydrogens is 234 g/mol. The van der Waals surface area contributed by atoms with Gasteiger partial charge in [-0.3, -0.25) is 4.98 Å². The van der Waals surface area contributed by atoms with Gasteiger partial charge in [-0.15, -0.1) is 0 Å². The normalized spacial score (nSPS) is 11.4. The van der Waals surface area contributed by atoms with Gasteiger partial charge in [-0.2, -0.15) is 0 Å². The predicted molar refractivity (Wildman–Crippen MR) is 67.5 cm³/mol. The fraction of sp³-hybridized carbons (Fsp3) is 0.154. The Hall–Kier alpha value is -1.68. The van der Waals surface area contributed by atoms with Crippen LogP contribution in [0.1, 0.15) is 5.69 Å². The van der Waals surface area contributed by atoms with Crippen molar-refractivity contribution < 1.29 is 8.42 Å². The molecule has 0 fully saturated rings. The van der Waals surface area contributed by atoms with E-state index in [1.54, 1.807) is 24.4 Å². The predicted octanol–water partition coefficient (Wildman–Crippen LogP) is 2.46. The molecule has 0 aliphatic rings. The molecule has 0 N–H and O–H groups in total. The first-order chi connectivity index (χ1) is 7.97. The van der Waals surface area contributed by atoms with Gasteiger partial charge in [0.2, 0.25) is 0 Å². The van der Waals surface area contributed by atoms with Crippen LogP contribution in [0.3, 0.4) is 0 Å². The molecule has 2 aromatic rings. The Morgan fingerprint density at radius 3 is 2.41 bits per heavy atom. The number of sulfone groups is 1. The van der Waals surface area contributed by atoms with Crippen LogP contribution in [0.2, 0.25) is 0 Å². The highest BCUT2D eigenvalue weighted by atomic mass is 32.2. The molecule has 2 rings (SSSR count). The van der Waals surface area contributed by atoms with Gasteiger partial charge in [0, 0.05) is 23.7 Å². The van der Waals surface area contributed by atoms with Crippen molar-refractivity contribution in [1.82, 2.24) is 4.98 Å². The number of nitrogens with zero attached hydrogens (tertiary/aromatic N) is 1. The summed E-state index contributed by atoms with van der Waals surface area (Å²) in [6, 6.07) is 10.7. The van der Waals surface area contributed by atoms with Crippen LogP contribution < -0.4 is 0 Å². The smallest absolute Gasteiger partial charge is 0.175 e. The Labute approximate surface area is 101 Å². The molecule has 1 aromatic carbocycles. The summed E-state index contributed by atoms with van der Waals surface area (Å²) >= 11 is 0. The third-order valence-electron chi connectivity index (χ3n) is 2.51. The highest BCUT2D eigenvalue weighted by Crippen LogP contribution is 2.21. The maximum Gasteiger partial charge on any atom is 0.175 e. The van der Waals surface area contributed by atoms with Gasteiger partial charge in [0.1, 0.15) is 0 Å². The topological polar surface area (TPSA) is 47.0 Å². The summed E-state index contributed by atoms with van der Waals surface area (Å²) in [6.07, 6.45) is 2.95. The van der Waals surface area contributed by atoms with Crippen LogP contribution in [0.15, 0.2) is 47.5 Å². The molecule has 0 aliphatic heterocycles. The van der Waals surface area contributed by atoms with Gasteiger partial charge < -0.3 is 0 Å². The summed E-state index contributed by atoms with van der Waals surface area (Å²) in [5.41, 5.74) is 2.72. The summed E-state index contributed by atoms with van der Waals surface area (Å²) in [6.45, 7) is 1.91. The molecule has 0 aliphatic carbocycles. The Morgan fingerprint density at radius 1 is 1.06 bits per heavy atom. The molecular formula is C13H13NO2S. The molecule has 4 heteroatoms. The van der Waals surface area contributed by atoms with Crippen LogP contribution in [-0.2, 0) is 9.84 Å². The minimum atomic E-state index is -3.16. The summed E-state index contributed by atoms with van der Waals surface area (Å²) < 4.78 is 22.9. The molecule has 0 saturated carbocycles. The van der Waals surface area contributed by atoms with Gasteiger partial charge >= 0.3 is 0 Å². The molecule has 17 heavy (non-hydrogen) atoms. The van der Waals surface area contributed by atoms with Crippen molar-refractivity contribution in [3.8, 4) is 11.1 Å². The lowest BCUT2D eigenvalue weighted by Crippen LogP contribution is -1.96. The SMILES string of the molecule is Cc1ccc(-c2cccc(S(C)(=O)=O)c2)cn1. The molecule has 88 valence electrons. The monoisotopic (exact) mass is 247 g/mol. The molecule has 1 aromatic heterocycles. The van der Waals surface area contributed by atoms with E-state index in [-0.39, 0.29) is 0 Å². The van der Waals surface area contributed by atoms with Gasteiger partial charge in [-0.05, 0) is 30.7 Å². The van der Waals surface area contributed by atoms with E-state index in [2.05, 4.69) is 4.98 Å². The van der Waals surface area contributed by atoms with Crippen LogP contribution in [0.4, 0.5) is 0 Å². The molecule has 3 nitrogen and oxygen atoms in total. The van der Waals surface area contributed by atoms with Crippen LogP contribution in [0.5, 0.6) is 0 Å². The maximum atomic E-state index is 11.5. The molecule has 0 saturated heterocycles. The van der Waals surface area contributed by atoms with E-state index >= 15 is 0 Å². The molecule has 0 unspecified atom stereocenters. The summed E-state index contributed by atoms with van der Waals surface area (Å²) in [4.78, 5) is 4.53. The van der Waals surface area contributed by atoms with Gasteiger partial charge in [-0.1, -0.05) is 18.2 Å². The second kappa shape index (κ2) is 4.30. The van der Waals surface area contributed by atoms with Gasteiger partial charge in [0.15, 0.2) is 9.84 Å². The van der Waals surface area contributed by atoms with E-state index in [0.717, 1.165) is 16.8 Å². The molecule has 1 heterocycles. The number of pyridine rings is 1. The maximum absolute atomic E-state index is 11.5. The number of hydrogen-bond donors (Lipinski definition) is 0. The average molecular weight is 247 g/mol. The number of hydrogen-bond acceptors (Lipinski definition) is 3. The zero-order chi connectivity index (χ0) is 12.5. The fourth-order valence-corrected chi connectivity index (χ4v) is 2.21. The number of aromatic nitrogens is 1. The van der Waals surface area contributed by atoms with Gasteiger partial charge in [0.05, 0.1) is 4.90 Å². The third-order valence-corrected chi connectivity index (χ3v) is 3.62. The lowest BCUT2D eigenvalue weighted by molar-refractivity contribution is 0.602. The standard InChI is InChI=1S/C13H13NO2S/c1-10-6-7-12(9-14-10)11-4-3-5-13(8-11)17(2,15)16/h3-9H,1-2H3. The third kappa shape index (κ3) is 2.71. The van der Waals surface area contributed by atoms with Crippen molar-refractivity contribution in [1.29, 1.82) is 0 Å². The summed E-state index contributed by atoms with van der Waals surface area (Å²) in [5.74, 6) is 0. The Balaban J connectivity index is 2.50. The van der Waals surface area contributed by atoms with Crippen molar-refractivity contribution in [2.24, 2.45) is 0 Å². The first kappa shape index (κ1) is 11.8. The van der Waals surface area contributed by atoms with Crippen molar-refractivity contribution in [2.75, 3.05) is 6.26 Å². The second-order valence-electron chi connectivity index (χ2n) is 3.99. The summed E-state index contributed by atoms with van der Waals surface area (Å²) in [7, 11) is -3.16. The van der Waals surface area contributed by atoms with Crippen LogP contribution >= 0.6 is 0 Å². The highest BCUT2D eigenvalue weighted by Gasteiger charge is 2.08. The molecule has 0 radical (unpaired) electrons. The average Bonchev–Trinajstić information content (AvgIpc) is 2.29. The van der Waals surface area contributed by atoms with E-state index in [1.807, 2.05) is 25.1 Å². The number of aryl methyl sites for hydroxylation is 1. The van der Waals surface area contributed by atoms with E-state index in [9.17, 15) is 8.42 Å². The summed E-state index contributed by atoms with van der Waals surface area (Å²) in [5, 5.41) is 0. The zero-order valence-corrected chi connectivity index (χ0v) is 10.5. The van der Waals surface area contributed by atoms with E-state index in [1.165, 1.54) is 6.26 Å². The second-order valence-corrected chi connectivity index (χ2v) is 6.00. The van der Waals surface area contributed by atoms with Gasteiger partial charge in [0.25, 0.3) is 0 Å². The first-order valence-corrected chi connectivity index (χ1v) is 7.09. The Kier molecular flexibility index (Phi) is 2.98. The largest absolute Gasteiger partial charge is 0.261 e. The van der Waals surface area contributed by atoms with Crippen LogP contribution in [-0.4, -0.2) is 19.7 Å². The van der Waals surface area contributed by atoms with Crippen LogP contribution in [0.25, 0.3) is 11.1 Å². The van der Waals surface area contributed by atoms with Crippen molar-refractivity contribution in [3.05, 3.63) is 48.3 Å². The molecule has 0 amide bonds. The Bertz CT molecular complexity index is 631. The Morgan fingerprint density at radius 2 is 1.82 bits per heavy atom. The highest BCUT2D eigenvalue weighted by molar-refractivity contribution is 7.90. The van der Waals surface area contributed by atoms with Crippen molar-refractivity contribution in [3.63, 3.8) is 0 Å². The first-order valence-electron chi connectivity index (χ1n) is 5.20. The van der Waals surface area contributed by atoms with E-state index < -0.39 is 9.84 Å². The van der Waals surface area contributed by atoms with Crippen molar-refractivity contribution >= 4 is 9.84 Å². The van der Waals surface area contributed by atoms with E-state index in [4.69, 9.17) is 0 Å². The lowest BCUT2D eigenvalue weighted by Gasteiger charge is -2.04. The number of rotatable bonds is 2. The van der Waals surface area contributed by atoms with Crippen LogP contribution in [0, 0.1) is 6.92 Å². The van der Waals surface area contributed by atoms with Crippen molar-refractivity contribution in [2.45, 2.75) is 11.8 Å². The quantitative estimate of drug-likeness (QED) is 0.819. The molecule has 0 bridgehead atoms.